The van der Waals surface area contributed by atoms with Gasteiger partial charge >= 0.3 is 0 Å². The summed E-state index contributed by atoms with van der Waals surface area (Å²) < 4.78 is 11.4. The predicted molar refractivity (Wildman–Crippen MR) is 117 cm³/mol. The molecule has 28 heavy (non-hydrogen) atoms. The summed E-state index contributed by atoms with van der Waals surface area (Å²) in [6.07, 6.45) is 1.79. The number of hydrogen-bond donors (Lipinski definition) is 0. The molecule has 0 spiro atoms. The molecule has 0 aromatic heterocycles. The molecule has 144 valence electrons. The molecular formula is C24H24ClNO2. The topological polar surface area (TPSA) is 30.8 Å². The molecule has 0 heterocycles. The number of halogens is 1. The van der Waals surface area contributed by atoms with Gasteiger partial charge < -0.3 is 9.47 Å². The summed E-state index contributed by atoms with van der Waals surface area (Å²) in [6, 6.07) is 18.0. The lowest BCUT2D eigenvalue weighted by Crippen LogP contribution is -1.99. The molecule has 0 amide bonds. The van der Waals surface area contributed by atoms with Crippen LogP contribution in [0.2, 0.25) is 5.02 Å². The van der Waals surface area contributed by atoms with Gasteiger partial charge in [-0.1, -0.05) is 53.6 Å². The number of aryl methyl sites for hydroxylation is 2. The second kappa shape index (κ2) is 8.94. The number of ether oxygens (including phenoxy) is 2. The van der Waals surface area contributed by atoms with Crippen LogP contribution in [0.1, 0.15) is 27.8 Å². The van der Waals surface area contributed by atoms with E-state index in [-0.39, 0.29) is 0 Å². The van der Waals surface area contributed by atoms with Crippen molar-refractivity contribution in [3.8, 4) is 11.5 Å². The molecule has 4 heteroatoms. The summed E-state index contributed by atoms with van der Waals surface area (Å²) in [5.41, 5.74) is 6.45. The Balaban J connectivity index is 1.81. The van der Waals surface area contributed by atoms with E-state index in [2.05, 4.69) is 44.0 Å². The Bertz CT molecular complexity index is 994. The molecule has 0 aliphatic heterocycles. The van der Waals surface area contributed by atoms with Crippen LogP contribution in [0.4, 0.5) is 5.69 Å². The Morgan fingerprint density at radius 3 is 2.46 bits per heavy atom. The zero-order chi connectivity index (χ0) is 20.1. The monoisotopic (exact) mass is 393 g/mol. The number of benzene rings is 3. The maximum absolute atomic E-state index is 6.48. The molecule has 0 saturated carbocycles. The Kier molecular flexibility index (Phi) is 6.37. The highest BCUT2D eigenvalue weighted by molar-refractivity contribution is 6.32. The Morgan fingerprint density at radius 2 is 1.75 bits per heavy atom. The van der Waals surface area contributed by atoms with Gasteiger partial charge in [0.1, 0.15) is 6.61 Å². The lowest BCUT2D eigenvalue weighted by atomic mass is 10.1. The van der Waals surface area contributed by atoms with Gasteiger partial charge in [0.05, 0.1) is 17.8 Å². The second-order valence-corrected chi connectivity index (χ2v) is 7.19. The van der Waals surface area contributed by atoms with Crippen molar-refractivity contribution >= 4 is 23.5 Å². The highest BCUT2D eigenvalue weighted by Crippen LogP contribution is 2.36. The lowest BCUT2D eigenvalue weighted by Gasteiger charge is -2.13. The van der Waals surface area contributed by atoms with Crippen LogP contribution in [0.15, 0.2) is 59.6 Å². The van der Waals surface area contributed by atoms with Crippen LogP contribution in [0.25, 0.3) is 0 Å². The van der Waals surface area contributed by atoms with Crippen LogP contribution in [0.5, 0.6) is 11.5 Å². The molecule has 0 aliphatic carbocycles. The van der Waals surface area contributed by atoms with Gasteiger partial charge in [-0.25, -0.2) is 0 Å². The van der Waals surface area contributed by atoms with Crippen molar-refractivity contribution in [3.05, 3.63) is 87.4 Å². The summed E-state index contributed by atoms with van der Waals surface area (Å²) in [5, 5.41) is 0.494. The summed E-state index contributed by atoms with van der Waals surface area (Å²) in [4.78, 5) is 4.60. The van der Waals surface area contributed by atoms with E-state index in [1.807, 2.05) is 36.4 Å². The van der Waals surface area contributed by atoms with Gasteiger partial charge in [-0.3, -0.25) is 4.99 Å². The molecule has 0 unspecified atom stereocenters. The van der Waals surface area contributed by atoms with Crippen molar-refractivity contribution in [1.29, 1.82) is 0 Å². The first-order chi connectivity index (χ1) is 13.5. The molecule has 0 radical (unpaired) electrons. The van der Waals surface area contributed by atoms with Gasteiger partial charge in [0.15, 0.2) is 11.5 Å². The smallest absolute Gasteiger partial charge is 0.180 e. The van der Waals surface area contributed by atoms with Gasteiger partial charge in [-0.15, -0.1) is 0 Å². The van der Waals surface area contributed by atoms with Gasteiger partial charge in [0.2, 0.25) is 0 Å². The van der Waals surface area contributed by atoms with Crippen molar-refractivity contribution in [1.82, 2.24) is 0 Å². The first-order valence-electron chi connectivity index (χ1n) is 9.14. The zero-order valence-corrected chi connectivity index (χ0v) is 17.4. The zero-order valence-electron chi connectivity index (χ0n) is 16.6. The van der Waals surface area contributed by atoms with Crippen LogP contribution >= 0.6 is 11.6 Å². The first kappa shape index (κ1) is 20.0. The van der Waals surface area contributed by atoms with Crippen molar-refractivity contribution in [3.63, 3.8) is 0 Å². The highest BCUT2D eigenvalue weighted by Gasteiger charge is 2.12. The lowest BCUT2D eigenvalue weighted by molar-refractivity contribution is 0.284. The molecular weight excluding hydrogens is 370 g/mol. The van der Waals surface area contributed by atoms with Crippen molar-refractivity contribution in [2.75, 3.05) is 7.11 Å². The SMILES string of the molecule is COc1cc(C=Nc2cccc(C)c2C)cc(Cl)c1OCc1ccc(C)cc1. The van der Waals surface area contributed by atoms with Gasteiger partial charge in [0.25, 0.3) is 0 Å². The molecule has 0 bridgehead atoms. The summed E-state index contributed by atoms with van der Waals surface area (Å²) in [6.45, 7) is 6.63. The van der Waals surface area contributed by atoms with E-state index in [1.54, 1.807) is 13.3 Å². The van der Waals surface area contributed by atoms with Crippen LogP contribution < -0.4 is 9.47 Å². The largest absolute Gasteiger partial charge is 0.493 e. The molecule has 0 saturated heterocycles. The minimum Gasteiger partial charge on any atom is -0.493 e. The van der Waals surface area contributed by atoms with Crippen LogP contribution in [-0.2, 0) is 6.61 Å². The maximum Gasteiger partial charge on any atom is 0.180 e. The molecule has 0 atom stereocenters. The van der Waals surface area contributed by atoms with E-state index < -0.39 is 0 Å². The molecule has 0 aliphatic rings. The van der Waals surface area contributed by atoms with Crippen LogP contribution in [-0.4, -0.2) is 13.3 Å². The average Bonchev–Trinajstić information content (AvgIpc) is 2.69. The molecule has 3 rings (SSSR count). The van der Waals surface area contributed by atoms with E-state index in [9.17, 15) is 0 Å². The molecule has 0 fully saturated rings. The Hall–Kier alpha value is -2.78. The molecule has 3 aromatic carbocycles. The van der Waals surface area contributed by atoms with Crippen LogP contribution in [0, 0.1) is 20.8 Å². The Labute approximate surface area is 171 Å². The number of methoxy groups -OCH3 is 1. The fourth-order valence-corrected chi connectivity index (χ4v) is 3.09. The van der Waals surface area contributed by atoms with Crippen LogP contribution in [0.3, 0.4) is 0 Å². The van der Waals surface area contributed by atoms with Crippen molar-refractivity contribution in [2.24, 2.45) is 4.99 Å². The third-order valence-corrected chi connectivity index (χ3v) is 4.97. The van der Waals surface area contributed by atoms with E-state index in [1.165, 1.54) is 11.1 Å². The fourth-order valence-electron chi connectivity index (χ4n) is 2.81. The van der Waals surface area contributed by atoms with Gasteiger partial charge in [0, 0.05) is 6.21 Å². The highest BCUT2D eigenvalue weighted by atomic mass is 35.5. The average molecular weight is 394 g/mol. The third kappa shape index (κ3) is 4.73. The predicted octanol–water partition coefficient (Wildman–Crippen LogP) is 6.60. The maximum atomic E-state index is 6.48. The molecule has 3 aromatic rings. The summed E-state index contributed by atoms with van der Waals surface area (Å²) in [7, 11) is 1.61. The first-order valence-corrected chi connectivity index (χ1v) is 9.52. The number of aliphatic imine (C=N–C) groups is 1. The minimum atomic E-state index is 0.423. The number of rotatable bonds is 6. The van der Waals surface area contributed by atoms with Gasteiger partial charge in [-0.2, -0.15) is 0 Å². The number of hydrogen-bond acceptors (Lipinski definition) is 3. The fraction of sp³-hybridized carbons (Fsp3) is 0.208. The van der Waals surface area contributed by atoms with Gasteiger partial charge in [-0.05, 0) is 61.2 Å². The van der Waals surface area contributed by atoms with Crippen molar-refractivity contribution < 1.29 is 9.47 Å². The number of nitrogens with zero attached hydrogens (tertiary/aromatic N) is 1. The second-order valence-electron chi connectivity index (χ2n) is 6.79. The molecule has 3 nitrogen and oxygen atoms in total. The quantitative estimate of drug-likeness (QED) is 0.441. The third-order valence-electron chi connectivity index (χ3n) is 4.68. The Morgan fingerprint density at radius 1 is 1.00 bits per heavy atom. The van der Waals surface area contributed by atoms with Crippen molar-refractivity contribution in [2.45, 2.75) is 27.4 Å². The normalized spacial score (nSPS) is 11.0. The van der Waals surface area contributed by atoms with E-state index in [4.69, 9.17) is 21.1 Å². The van der Waals surface area contributed by atoms with E-state index in [0.717, 1.165) is 22.4 Å². The van der Waals surface area contributed by atoms with E-state index >= 15 is 0 Å². The van der Waals surface area contributed by atoms with E-state index in [0.29, 0.717) is 23.1 Å². The summed E-state index contributed by atoms with van der Waals surface area (Å²) in [5.74, 6) is 1.12. The molecule has 0 N–H and O–H groups in total. The minimum absolute atomic E-state index is 0.423. The summed E-state index contributed by atoms with van der Waals surface area (Å²) >= 11 is 6.48. The standard InChI is InChI=1S/C24H24ClNO2/c1-16-8-10-19(11-9-16)15-28-24-21(25)12-20(13-23(24)27-4)14-26-22-7-5-6-17(2)18(22)3/h5-14H,15H2,1-4H3.